The van der Waals surface area contributed by atoms with Gasteiger partial charge in [-0.25, -0.2) is 0 Å². The molecule has 0 spiro atoms. The van der Waals surface area contributed by atoms with Crippen LogP contribution in [-0.2, 0) is 9.59 Å². The van der Waals surface area contributed by atoms with E-state index in [1.165, 1.54) is 0 Å². The molecule has 2 bridgehead atoms. The SMILES string of the molecule is O=C(N[C@@H]1CN2CCC1CC2)c1n[nH]c2ccc(NC(=O)C3CC3)cc12.O=CO. The molecular formula is C20H25N5O4. The van der Waals surface area contributed by atoms with Crippen LogP contribution in [0.1, 0.15) is 36.2 Å². The number of aromatic amines is 1. The molecule has 3 aliphatic heterocycles. The Labute approximate surface area is 167 Å². The molecule has 154 valence electrons. The van der Waals surface area contributed by atoms with Crippen LogP contribution in [0, 0.1) is 11.8 Å². The van der Waals surface area contributed by atoms with E-state index in [1.807, 2.05) is 18.2 Å². The summed E-state index contributed by atoms with van der Waals surface area (Å²) >= 11 is 0. The standard InChI is InChI=1S/C19H23N5O2.CH2O2/c25-18(12-1-2-12)20-13-3-4-15-14(9-13)17(23-22-15)19(26)21-16-10-24-7-5-11(16)6-8-24;2-1-3/h3-4,9,11-12,16H,1-2,5-8,10H2,(H,20,25)(H,21,26)(H,22,23);1H,(H,2,3)/t16-;/m1./s1. The van der Waals surface area contributed by atoms with Gasteiger partial charge in [0.05, 0.1) is 5.52 Å². The summed E-state index contributed by atoms with van der Waals surface area (Å²) in [4.78, 5) is 35.6. The predicted octanol–water partition coefficient (Wildman–Crippen LogP) is 1.44. The van der Waals surface area contributed by atoms with Crippen LogP contribution in [0.2, 0.25) is 0 Å². The van der Waals surface area contributed by atoms with Crippen LogP contribution in [0.5, 0.6) is 0 Å². The van der Waals surface area contributed by atoms with Crippen LogP contribution in [-0.4, -0.2) is 64.2 Å². The highest BCUT2D eigenvalue weighted by Gasteiger charge is 2.35. The maximum Gasteiger partial charge on any atom is 0.290 e. The Morgan fingerprint density at radius 3 is 2.55 bits per heavy atom. The van der Waals surface area contributed by atoms with Crippen molar-refractivity contribution in [3.8, 4) is 0 Å². The number of benzene rings is 1. The second-order valence-corrected chi connectivity index (χ2v) is 7.92. The minimum absolute atomic E-state index is 0.0612. The van der Waals surface area contributed by atoms with E-state index in [9.17, 15) is 9.59 Å². The number of carboxylic acid groups (broad SMARTS) is 1. The van der Waals surface area contributed by atoms with Crippen LogP contribution < -0.4 is 10.6 Å². The molecule has 9 heteroatoms. The van der Waals surface area contributed by atoms with E-state index in [2.05, 4.69) is 25.7 Å². The zero-order valence-electron chi connectivity index (χ0n) is 16.1. The van der Waals surface area contributed by atoms with Gasteiger partial charge in [-0.05, 0) is 62.9 Å². The number of fused-ring (bicyclic) bond motifs is 4. The van der Waals surface area contributed by atoms with E-state index in [1.54, 1.807) is 0 Å². The molecule has 2 aromatic rings. The van der Waals surface area contributed by atoms with Gasteiger partial charge in [0.1, 0.15) is 0 Å². The summed E-state index contributed by atoms with van der Waals surface area (Å²) in [6.45, 7) is 2.97. The molecule has 1 saturated carbocycles. The molecule has 6 rings (SSSR count). The van der Waals surface area contributed by atoms with Crippen molar-refractivity contribution in [2.45, 2.75) is 31.7 Å². The number of hydrogen-bond acceptors (Lipinski definition) is 5. The van der Waals surface area contributed by atoms with Crippen molar-refractivity contribution in [1.29, 1.82) is 0 Å². The van der Waals surface area contributed by atoms with Gasteiger partial charge in [0.15, 0.2) is 5.69 Å². The molecule has 3 saturated heterocycles. The number of anilines is 1. The van der Waals surface area contributed by atoms with Crippen LogP contribution >= 0.6 is 0 Å². The van der Waals surface area contributed by atoms with Crippen LogP contribution in [0.3, 0.4) is 0 Å². The molecule has 0 unspecified atom stereocenters. The first-order valence-electron chi connectivity index (χ1n) is 9.99. The minimum atomic E-state index is -0.250. The maximum absolute atomic E-state index is 12.8. The Bertz CT molecular complexity index is 915. The molecular weight excluding hydrogens is 374 g/mol. The zero-order valence-corrected chi connectivity index (χ0v) is 16.1. The molecule has 1 aliphatic carbocycles. The molecule has 4 heterocycles. The van der Waals surface area contributed by atoms with Gasteiger partial charge in [-0.15, -0.1) is 0 Å². The Balaban J connectivity index is 0.000000645. The van der Waals surface area contributed by atoms with Crippen molar-refractivity contribution >= 4 is 34.9 Å². The number of amides is 2. The largest absolute Gasteiger partial charge is 0.483 e. The molecule has 0 radical (unpaired) electrons. The second-order valence-electron chi connectivity index (χ2n) is 7.92. The third-order valence-corrected chi connectivity index (χ3v) is 5.97. The molecule has 4 N–H and O–H groups in total. The Kier molecular flexibility index (Phi) is 5.48. The number of nitrogens with zero attached hydrogens (tertiary/aromatic N) is 2. The summed E-state index contributed by atoms with van der Waals surface area (Å²) in [5.74, 6) is 0.642. The number of H-pyrrole nitrogens is 1. The maximum atomic E-state index is 12.8. The smallest absolute Gasteiger partial charge is 0.290 e. The third-order valence-electron chi connectivity index (χ3n) is 5.97. The number of aromatic nitrogens is 2. The molecule has 4 fully saturated rings. The van der Waals surface area contributed by atoms with Gasteiger partial charge in [-0.3, -0.25) is 19.5 Å². The quantitative estimate of drug-likeness (QED) is 0.576. The first-order valence-corrected chi connectivity index (χ1v) is 9.99. The van der Waals surface area contributed by atoms with Crippen molar-refractivity contribution in [1.82, 2.24) is 20.4 Å². The predicted molar refractivity (Wildman–Crippen MR) is 107 cm³/mol. The Morgan fingerprint density at radius 1 is 1.21 bits per heavy atom. The Morgan fingerprint density at radius 2 is 1.93 bits per heavy atom. The summed E-state index contributed by atoms with van der Waals surface area (Å²) in [6, 6.07) is 5.74. The summed E-state index contributed by atoms with van der Waals surface area (Å²) in [5.41, 5.74) is 1.92. The van der Waals surface area contributed by atoms with E-state index < -0.39 is 0 Å². The van der Waals surface area contributed by atoms with E-state index in [4.69, 9.17) is 9.90 Å². The van der Waals surface area contributed by atoms with Gasteiger partial charge in [-0.1, -0.05) is 0 Å². The van der Waals surface area contributed by atoms with Crippen LogP contribution in [0.15, 0.2) is 18.2 Å². The van der Waals surface area contributed by atoms with Crippen molar-refractivity contribution in [3.05, 3.63) is 23.9 Å². The van der Waals surface area contributed by atoms with Gasteiger partial charge < -0.3 is 20.6 Å². The average Bonchev–Trinajstić information content (AvgIpc) is 3.49. The fourth-order valence-electron chi connectivity index (χ4n) is 4.22. The van der Waals surface area contributed by atoms with E-state index in [0.29, 0.717) is 17.3 Å². The van der Waals surface area contributed by atoms with Crippen molar-refractivity contribution in [2.24, 2.45) is 11.8 Å². The summed E-state index contributed by atoms with van der Waals surface area (Å²) in [7, 11) is 0. The lowest BCUT2D eigenvalue weighted by Gasteiger charge is -2.44. The zero-order chi connectivity index (χ0) is 20.4. The Hall–Kier alpha value is -2.94. The van der Waals surface area contributed by atoms with E-state index >= 15 is 0 Å². The fourth-order valence-corrected chi connectivity index (χ4v) is 4.22. The number of nitrogens with one attached hydrogen (secondary N) is 3. The summed E-state index contributed by atoms with van der Waals surface area (Å²) < 4.78 is 0. The lowest BCUT2D eigenvalue weighted by Crippen LogP contribution is -2.57. The van der Waals surface area contributed by atoms with Gasteiger partial charge >= 0.3 is 0 Å². The number of piperidine rings is 3. The highest BCUT2D eigenvalue weighted by atomic mass is 16.3. The van der Waals surface area contributed by atoms with Gasteiger partial charge in [-0.2, -0.15) is 5.10 Å². The van der Waals surface area contributed by atoms with E-state index in [0.717, 1.165) is 56.2 Å². The number of rotatable bonds is 4. The van der Waals surface area contributed by atoms with Gasteiger partial charge in [0.2, 0.25) is 5.91 Å². The molecule has 2 amide bonds. The highest BCUT2D eigenvalue weighted by Crippen LogP contribution is 2.31. The van der Waals surface area contributed by atoms with Crippen LogP contribution in [0.25, 0.3) is 10.9 Å². The summed E-state index contributed by atoms with van der Waals surface area (Å²) in [6.07, 6.45) is 4.24. The molecule has 9 nitrogen and oxygen atoms in total. The van der Waals surface area contributed by atoms with E-state index in [-0.39, 0.29) is 30.2 Å². The monoisotopic (exact) mass is 399 g/mol. The first kappa shape index (κ1) is 19.4. The number of carbonyl (C=O) groups excluding carboxylic acids is 2. The summed E-state index contributed by atoms with van der Waals surface area (Å²) in [5, 5.41) is 20.9. The van der Waals surface area contributed by atoms with Crippen LogP contribution in [0.4, 0.5) is 5.69 Å². The molecule has 1 atom stereocenters. The minimum Gasteiger partial charge on any atom is -0.483 e. The van der Waals surface area contributed by atoms with Crippen molar-refractivity contribution in [2.75, 3.05) is 25.0 Å². The highest BCUT2D eigenvalue weighted by molar-refractivity contribution is 6.06. The molecule has 29 heavy (non-hydrogen) atoms. The topological polar surface area (TPSA) is 127 Å². The molecule has 1 aromatic carbocycles. The molecule has 1 aromatic heterocycles. The second kappa shape index (κ2) is 8.20. The fraction of sp³-hybridized carbons (Fsp3) is 0.500. The first-order chi connectivity index (χ1) is 14.1. The lowest BCUT2D eigenvalue weighted by molar-refractivity contribution is -0.123. The van der Waals surface area contributed by atoms with Crippen molar-refractivity contribution < 1.29 is 19.5 Å². The molecule has 4 aliphatic rings. The van der Waals surface area contributed by atoms with Gasteiger partial charge in [0, 0.05) is 29.6 Å². The van der Waals surface area contributed by atoms with Crippen molar-refractivity contribution in [3.63, 3.8) is 0 Å². The number of hydrogen-bond donors (Lipinski definition) is 4. The third kappa shape index (κ3) is 4.24. The average molecular weight is 399 g/mol. The normalized spacial score (nSPS) is 25.0. The van der Waals surface area contributed by atoms with Gasteiger partial charge in [0.25, 0.3) is 12.4 Å². The lowest BCUT2D eigenvalue weighted by atomic mass is 9.84. The number of carbonyl (C=O) groups is 3.